The van der Waals surface area contributed by atoms with E-state index in [0.717, 1.165) is 5.56 Å². The molecule has 0 bridgehead atoms. The van der Waals surface area contributed by atoms with Crippen LogP contribution in [0, 0.1) is 5.92 Å². The molecule has 2 aromatic carbocycles. The molecular formula is C22H28N2O5S. The fourth-order valence-corrected chi connectivity index (χ4v) is 5.17. The highest BCUT2D eigenvalue weighted by Crippen LogP contribution is 2.28. The number of ether oxygens (including phenoxy) is 2. The molecule has 30 heavy (non-hydrogen) atoms. The molecule has 0 spiro atoms. The first kappa shape index (κ1) is 22.1. The standard InChI is InChI=1S/C22H28N2O5S/c1-28-20-11-10-17(15-21(20)29-2)12-13-23-22(25)18-7-6-14-24(16-18)30(26,27)19-8-4-3-5-9-19/h3-5,8-11,15,18H,6-7,12-14,16H2,1-2H3,(H,23,25). The van der Waals surface area contributed by atoms with Gasteiger partial charge in [-0.25, -0.2) is 8.42 Å². The molecule has 1 aliphatic rings. The van der Waals surface area contributed by atoms with Crippen molar-refractivity contribution in [1.29, 1.82) is 0 Å². The van der Waals surface area contributed by atoms with E-state index in [4.69, 9.17) is 9.47 Å². The third-order valence-corrected chi connectivity index (χ3v) is 7.18. The molecule has 0 radical (unpaired) electrons. The van der Waals surface area contributed by atoms with E-state index >= 15 is 0 Å². The van der Waals surface area contributed by atoms with Crippen molar-refractivity contribution in [2.45, 2.75) is 24.2 Å². The summed E-state index contributed by atoms with van der Waals surface area (Å²) in [6.45, 7) is 1.11. The molecule has 7 nitrogen and oxygen atoms in total. The Labute approximate surface area is 178 Å². The van der Waals surface area contributed by atoms with Crippen molar-refractivity contribution in [2.75, 3.05) is 33.9 Å². The molecule has 0 aromatic heterocycles. The zero-order valence-electron chi connectivity index (χ0n) is 17.3. The van der Waals surface area contributed by atoms with E-state index in [1.54, 1.807) is 44.6 Å². The van der Waals surface area contributed by atoms with E-state index in [1.807, 2.05) is 18.2 Å². The quantitative estimate of drug-likeness (QED) is 0.693. The maximum atomic E-state index is 12.8. The van der Waals surface area contributed by atoms with Gasteiger partial charge in [-0.1, -0.05) is 24.3 Å². The molecular weight excluding hydrogens is 404 g/mol. The predicted molar refractivity (Wildman–Crippen MR) is 114 cm³/mol. The smallest absolute Gasteiger partial charge is 0.243 e. The second-order valence-electron chi connectivity index (χ2n) is 7.25. The number of nitrogens with one attached hydrogen (secondary N) is 1. The van der Waals surface area contributed by atoms with Gasteiger partial charge >= 0.3 is 0 Å². The van der Waals surface area contributed by atoms with Crippen molar-refractivity contribution < 1.29 is 22.7 Å². The molecule has 1 aliphatic heterocycles. The van der Waals surface area contributed by atoms with Crippen LogP contribution < -0.4 is 14.8 Å². The Balaban J connectivity index is 1.56. The van der Waals surface area contributed by atoms with Crippen LogP contribution in [0.1, 0.15) is 18.4 Å². The Morgan fingerprint density at radius 1 is 1.10 bits per heavy atom. The summed E-state index contributed by atoms with van der Waals surface area (Å²) in [4.78, 5) is 12.9. The lowest BCUT2D eigenvalue weighted by atomic mass is 9.99. The number of hydrogen-bond acceptors (Lipinski definition) is 5. The highest BCUT2D eigenvalue weighted by molar-refractivity contribution is 7.89. The zero-order chi connectivity index (χ0) is 21.6. The van der Waals surface area contributed by atoms with Gasteiger partial charge in [0, 0.05) is 19.6 Å². The van der Waals surface area contributed by atoms with E-state index in [9.17, 15) is 13.2 Å². The summed E-state index contributed by atoms with van der Waals surface area (Å²) < 4.78 is 37.6. The van der Waals surface area contributed by atoms with Crippen LogP contribution in [0.4, 0.5) is 0 Å². The summed E-state index contributed by atoms with van der Waals surface area (Å²) in [5.74, 6) is 0.855. The van der Waals surface area contributed by atoms with Crippen LogP contribution >= 0.6 is 0 Å². The van der Waals surface area contributed by atoms with E-state index in [1.165, 1.54) is 4.31 Å². The van der Waals surface area contributed by atoms with E-state index in [2.05, 4.69) is 5.32 Å². The van der Waals surface area contributed by atoms with Gasteiger partial charge in [0.05, 0.1) is 25.0 Å². The molecule has 0 saturated carbocycles. The van der Waals surface area contributed by atoms with Crippen molar-refractivity contribution >= 4 is 15.9 Å². The van der Waals surface area contributed by atoms with Crippen LogP contribution in [-0.4, -0.2) is 52.5 Å². The van der Waals surface area contributed by atoms with Gasteiger partial charge < -0.3 is 14.8 Å². The fourth-order valence-electron chi connectivity index (χ4n) is 3.63. The third-order valence-electron chi connectivity index (χ3n) is 5.30. The summed E-state index contributed by atoms with van der Waals surface area (Å²) in [6, 6.07) is 14.0. The second-order valence-corrected chi connectivity index (χ2v) is 9.18. The molecule has 1 fully saturated rings. The number of sulfonamides is 1. The van der Waals surface area contributed by atoms with Crippen LogP contribution in [0.25, 0.3) is 0 Å². The summed E-state index contributed by atoms with van der Waals surface area (Å²) in [5.41, 5.74) is 1.02. The second kappa shape index (κ2) is 9.95. The number of nitrogens with zero attached hydrogens (tertiary/aromatic N) is 1. The van der Waals surface area contributed by atoms with Gasteiger partial charge in [0.25, 0.3) is 0 Å². The number of carbonyl (C=O) groups is 1. The molecule has 162 valence electrons. The van der Waals surface area contributed by atoms with Crippen LogP contribution in [0.2, 0.25) is 0 Å². The van der Waals surface area contributed by atoms with Gasteiger partial charge in [-0.3, -0.25) is 4.79 Å². The Kier molecular flexibility index (Phi) is 7.33. The SMILES string of the molecule is COc1ccc(CCNC(=O)C2CCCN(S(=O)(=O)c3ccccc3)C2)cc1OC. The first-order chi connectivity index (χ1) is 14.5. The maximum absolute atomic E-state index is 12.8. The summed E-state index contributed by atoms with van der Waals surface area (Å²) in [5, 5.41) is 2.95. The Hall–Kier alpha value is -2.58. The average Bonchev–Trinajstić information content (AvgIpc) is 2.79. The molecule has 1 amide bonds. The van der Waals surface area contributed by atoms with Gasteiger partial charge in [-0.2, -0.15) is 4.31 Å². The highest BCUT2D eigenvalue weighted by Gasteiger charge is 2.33. The monoisotopic (exact) mass is 432 g/mol. The minimum absolute atomic E-state index is 0.108. The van der Waals surface area contributed by atoms with Crippen LogP contribution in [0.15, 0.2) is 53.4 Å². The van der Waals surface area contributed by atoms with Crippen molar-refractivity contribution in [3.8, 4) is 11.5 Å². The van der Waals surface area contributed by atoms with Gasteiger partial charge in [-0.05, 0) is 49.1 Å². The van der Waals surface area contributed by atoms with E-state index in [0.29, 0.717) is 43.9 Å². The minimum Gasteiger partial charge on any atom is -0.493 e. The van der Waals surface area contributed by atoms with Crippen molar-refractivity contribution in [2.24, 2.45) is 5.92 Å². The average molecular weight is 433 g/mol. The van der Waals surface area contributed by atoms with E-state index < -0.39 is 10.0 Å². The predicted octanol–water partition coefficient (Wildman–Crippen LogP) is 2.46. The lowest BCUT2D eigenvalue weighted by molar-refractivity contribution is -0.126. The molecule has 0 aliphatic carbocycles. The Bertz CT molecular complexity index is 963. The van der Waals surface area contributed by atoms with Gasteiger partial charge in [-0.15, -0.1) is 0 Å². The number of amides is 1. The van der Waals surface area contributed by atoms with Gasteiger partial charge in [0.1, 0.15) is 0 Å². The van der Waals surface area contributed by atoms with Crippen molar-refractivity contribution in [3.63, 3.8) is 0 Å². The summed E-state index contributed by atoms with van der Waals surface area (Å²) in [7, 11) is -0.407. The topological polar surface area (TPSA) is 84.9 Å². The van der Waals surface area contributed by atoms with Crippen LogP contribution in [0.5, 0.6) is 11.5 Å². The Morgan fingerprint density at radius 3 is 2.53 bits per heavy atom. The normalized spacial score (nSPS) is 17.3. The highest BCUT2D eigenvalue weighted by atomic mass is 32.2. The minimum atomic E-state index is -3.58. The maximum Gasteiger partial charge on any atom is 0.243 e. The lowest BCUT2D eigenvalue weighted by Gasteiger charge is -2.31. The molecule has 1 heterocycles. The largest absolute Gasteiger partial charge is 0.493 e. The molecule has 1 unspecified atom stereocenters. The summed E-state index contributed by atoms with van der Waals surface area (Å²) in [6.07, 6.45) is 1.99. The number of rotatable bonds is 8. The summed E-state index contributed by atoms with van der Waals surface area (Å²) >= 11 is 0. The van der Waals surface area contributed by atoms with E-state index in [-0.39, 0.29) is 23.3 Å². The number of benzene rings is 2. The molecule has 1 saturated heterocycles. The molecule has 8 heteroatoms. The fraction of sp³-hybridized carbons (Fsp3) is 0.409. The molecule has 2 aromatic rings. The molecule has 1 N–H and O–H groups in total. The molecule has 3 rings (SSSR count). The third kappa shape index (κ3) is 5.12. The number of carbonyl (C=O) groups excluding carboxylic acids is 1. The van der Waals surface area contributed by atoms with Crippen molar-refractivity contribution in [1.82, 2.24) is 9.62 Å². The van der Waals surface area contributed by atoms with Gasteiger partial charge in [0.2, 0.25) is 15.9 Å². The van der Waals surface area contributed by atoms with Gasteiger partial charge in [0.15, 0.2) is 11.5 Å². The van der Waals surface area contributed by atoms with Crippen LogP contribution in [0.3, 0.4) is 0 Å². The first-order valence-electron chi connectivity index (χ1n) is 9.99. The zero-order valence-corrected chi connectivity index (χ0v) is 18.2. The number of methoxy groups -OCH3 is 2. The first-order valence-corrected chi connectivity index (χ1v) is 11.4. The number of piperidine rings is 1. The lowest BCUT2D eigenvalue weighted by Crippen LogP contribution is -2.45. The van der Waals surface area contributed by atoms with Crippen molar-refractivity contribution in [3.05, 3.63) is 54.1 Å². The number of hydrogen-bond donors (Lipinski definition) is 1. The Morgan fingerprint density at radius 2 is 1.83 bits per heavy atom. The van der Waals surface area contributed by atoms with Crippen LogP contribution in [-0.2, 0) is 21.2 Å². The molecule has 1 atom stereocenters.